The molecule has 2 aromatic rings. The zero-order chi connectivity index (χ0) is 14.4. The van der Waals surface area contributed by atoms with Gasteiger partial charge in [-0.2, -0.15) is 0 Å². The lowest BCUT2D eigenvalue weighted by atomic mass is 10.0. The highest BCUT2D eigenvalue weighted by atomic mass is 32.1. The molecule has 0 aliphatic heterocycles. The summed E-state index contributed by atoms with van der Waals surface area (Å²) in [5.74, 6) is -0.217. The summed E-state index contributed by atoms with van der Waals surface area (Å²) in [6.07, 6.45) is 1.49. The predicted molar refractivity (Wildman–Crippen MR) is 77.0 cm³/mol. The van der Waals surface area contributed by atoms with Gasteiger partial charge < -0.3 is 10.0 Å². The Labute approximate surface area is 115 Å². The number of aliphatic carboxylic acids is 1. The maximum absolute atomic E-state index is 11.4. The second-order valence-corrected chi connectivity index (χ2v) is 6.29. The highest BCUT2D eigenvalue weighted by Gasteiger charge is 2.34. The number of carbonyl (C=O) groups is 1. The number of aryl methyl sites for hydroxylation is 2. The first-order chi connectivity index (χ1) is 8.76. The summed E-state index contributed by atoms with van der Waals surface area (Å²) in [7, 11) is 1.75. The summed E-state index contributed by atoms with van der Waals surface area (Å²) in [4.78, 5) is 23.7. The first-order valence-electron chi connectivity index (χ1n) is 5.94. The molecule has 0 amide bonds. The van der Waals surface area contributed by atoms with Crippen molar-refractivity contribution in [3.8, 4) is 0 Å². The fourth-order valence-electron chi connectivity index (χ4n) is 1.83. The summed E-state index contributed by atoms with van der Waals surface area (Å²) >= 11 is 1.60. The van der Waals surface area contributed by atoms with E-state index < -0.39 is 11.5 Å². The smallest absolute Gasteiger partial charge is 0.328 e. The SMILES string of the molecule is Cc1sc2ncnc(N(C)C(C)(C)C(=O)O)c2c1C. The molecular formula is C13H17N3O2S. The third-order valence-electron chi connectivity index (χ3n) is 3.62. The third kappa shape index (κ3) is 2.06. The minimum atomic E-state index is -1.02. The van der Waals surface area contributed by atoms with Crippen LogP contribution in [0.15, 0.2) is 6.33 Å². The Morgan fingerprint density at radius 1 is 1.37 bits per heavy atom. The van der Waals surface area contributed by atoms with Crippen LogP contribution >= 0.6 is 11.3 Å². The number of fused-ring (bicyclic) bond motifs is 1. The van der Waals surface area contributed by atoms with Crippen LogP contribution in [0.25, 0.3) is 10.2 Å². The second-order valence-electron chi connectivity index (χ2n) is 5.08. The van der Waals surface area contributed by atoms with Crippen LogP contribution in [0.2, 0.25) is 0 Å². The summed E-state index contributed by atoms with van der Waals surface area (Å²) in [6.45, 7) is 7.38. The fraction of sp³-hybridized carbons (Fsp3) is 0.462. The van der Waals surface area contributed by atoms with Crippen LogP contribution in [-0.2, 0) is 4.79 Å². The van der Waals surface area contributed by atoms with Crippen LogP contribution in [0, 0.1) is 13.8 Å². The molecular weight excluding hydrogens is 262 g/mol. The zero-order valence-corrected chi connectivity index (χ0v) is 12.5. The van der Waals surface area contributed by atoms with Crippen molar-refractivity contribution in [2.24, 2.45) is 0 Å². The van der Waals surface area contributed by atoms with Gasteiger partial charge in [0.05, 0.1) is 5.39 Å². The van der Waals surface area contributed by atoms with E-state index in [0.717, 1.165) is 15.8 Å². The molecule has 0 fully saturated rings. The van der Waals surface area contributed by atoms with Crippen molar-refractivity contribution in [1.82, 2.24) is 9.97 Å². The average molecular weight is 279 g/mol. The molecule has 0 atom stereocenters. The van der Waals surface area contributed by atoms with Gasteiger partial charge in [0, 0.05) is 11.9 Å². The van der Waals surface area contributed by atoms with Crippen molar-refractivity contribution < 1.29 is 9.90 Å². The van der Waals surface area contributed by atoms with Crippen molar-refractivity contribution in [3.05, 3.63) is 16.8 Å². The van der Waals surface area contributed by atoms with Crippen molar-refractivity contribution in [2.45, 2.75) is 33.2 Å². The van der Waals surface area contributed by atoms with E-state index in [2.05, 4.69) is 9.97 Å². The molecule has 2 aromatic heterocycles. The maximum Gasteiger partial charge on any atom is 0.328 e. The number of hydrogen-bond donors (Lipinski definition) is 1. The number of aromatic nitrogens is 2. The molecule has 0 aliphatic carbocycles. The van der Waals surface area contributed by atoms with E-state index in [1.165, 1.54) is 11.2 Å². The highest BCUT2D eigenvalue weighted by Crippen LogP contribution is 2.35. The molecule has 102 valence electrons. The Balaban J connectivity index is 2.66. The van der Waals surface area contributed by atoms with Gasteiger partial charge >= 0.3 is 5.97 Å². The predicted octanol–water partition coefficient (Wildman–Crippen LogP) is 2.61. The maximum atomic E-state index is 11.4. The molecule has 0 saturated carbocycles. The molecule has 2 heterocycles. The van der Waals surface area contributed by atoms with Gasteiger partial charge in [0.15, 0.2) is 0 Å². The molecule has 5 nitrogen and oxygen atoms in total. The Morgan fingerprint density at radius 3 is 2.58 bits per heavy atom. The topological polar surface area (TPSA) is 66.3 Å². The van der Waals surface area contributed by atoms with Gasteiger partial charge in [-0.05, 0) is 33.3 Å². The third-order valence-corrected chi connectivity index (χ3v) is 4.74. The summed E-state index contributed by atoms with van der Waals surface area (Å²) in [6, 6.07) is 0. The standard InChI is InChI=1S/C13H17N3O2S/c1-7-8(2)19-11-9(7)10(14-6-15-11)16(5)13(3,4)12(17)18/h6H,1-5H3,(H,17,18). The molecule has 1 N–H and O–H groups in total. The van der Waals surface area contributed by atoms with Crippen LogP contribution < -0.4 is 4.90 Å². The Morgan fingerprint density at radius 2 is 2.00 bits per heavy atom. The van der Waals surface area contributed by atoms with E-state index in [1.807, 2.05) is 13.8 Å². The van der Waals surface area contributed by atoms with Crippen molar-refractivity contribution in [3.63, 3.8) is 0 Å². The van der Waals surface area contributed by atoms with Gasteiger partial charge in [-0.3, -0.25) is 0 Å². The second kappa shape index (κ2) is 4.45. The number of anilines is 1. The van der Waals surface area contributed by atoms with Gasteiger partial charge in [0.1, 0.15) is 22.5 Å². The van der Waals surface area contributed by atoms with E-state index in [4.69, 9.17) is 0 Å². The van der Waals surface area contributed by atoms with Crippen molar-refractivity contribution >= 4 is 33.3 Å². The monoisotopic (exact) mass is 279 g/mol. The molecule has 6 heteroatoms. The molecule has 0 bridgehead atoms. The average Bonchev–Trinajstić information content (AvgIpc) is 2.64. The Bertz CT molecular complexity index is 649. The molecule has 19 heavy (non-hydrogen) atoms. The van der Waals surface area contributed by atoms with Crippen LogP contribution in [0.4, 0.5) is 5.82 Å². The van der Waals surface area contributed by atoms with Crippen LogP contribution in [0.1, 0.15) is 24.3 Å². The Kier molecular flexibility index (Phi) is 3.22. The molecule has 0 spiro atoms. The first kappa shape index (κ1) is 13.7. The number of thiophene rings is 1. The van der Waals surface area contributed by atoms with E-state index in [1.54, 1.807) is 37.1 Å². The number of carboxylic acids is 1. The van der Waals surface area contributed by atoms with E-state index in [0.29, 0.717) is 5.82 Å². The van der Waals surface area contributed by atoms with Crippen molar-refractivity contribution in [1.29, 1.82) is 0 Å². The van der Waals surface area contributed by atoms with Crippen LogP contribution in [-0.4, -0.2) is 33.6 Å². The number of nitrogens with zero attached hydrogens (tertiary/aromatic N) is 3. The summed E-state index contributed by atoms with van der Waals surface area (Å²) < 4.78 is 0. The summed E-state index contributed by atoms with van der Waals surface area (Å²) in [5, 5.41) is 10.3. The van der Waals surface area contributed by atoms with Crippen LogP contribution in [0.5, 0.6) is 0 Å². The first-order valence-corrected chi connectivity index (χ1v) is 6.76. The van der Waals surface area contributed by atoms with E-state index >= 15 is 0 Å². The van der Waals surface area contributed by atoms with Gasteiger partial charge in [0.2, 0.25) is 0 Å². The van der Waals surface area contributed by atoms with Gasteiger partial charge in [0.25, 0.3) is 0 Å². The summed E-state index contributed by atoms with van der Waals surface area (Å²) in [5.41, 5.74) is 0.0902. The minimum Gasteiger partial charge on any atom is -0.480 e. The quantitative estimate of drug-likeness (QED) is 0.935. The lowest BCUT2D eigenvalue weighted by molar-refractivity contribution is -0.142. The van der Waals surface area contributed by atoms with E-state index in [9.17, 15) is 9.90 Å². The minimum absolute atomic E-state index is 0.666. The van der Waals surface area contributed by atoms with Crippen molar-refractivity contribution in [2.75, 3.05) is 11.9 Å². The van der Waals surface area contributed by atoms with Gasteiger partial charge in [-0.15, -0.1) is 11.3 Å². The largest absolute Gasteiger partial charge is 0.480 e. The number of hydrogen-bond acceptors (Lipinski definition) is 5. The van der Waals surface area contributed by atoms with E-state index in [-0.39, 0.29) is 0 Å². The van der Waals surface area contributed by atoms with Gasteiger partial charge in [-0.25, -0.2) is 14.8 Å². The van der Waals surface area contributed by atoms with Crippen LogP contribution in [0.3, 0.4) is 0 Å². The lowest BCUT2D eigenvalue weighted by Crippen LogP contribution is -2.48. The molecule has 0 unspecified atom stereocenters. The fourth-order valence-corrected chi connectivity index (χ4v) is 2.82. The highest BCUT2D eigenvalue weighted by molar-refractivity contribution is 7.18. The molecule has 0 aromatic carbocycles. The molecule has 0 aliphatic rings. The number of likely N-dealkylation sites (N-methyl/N-ethyl adjacent to an activating group) is 1. The Hall–Kier alpha value is -1.69. The molecule has 0 saturated heterocycles. The normalized spacial score (nSPS) is 11.8. The zero-order valence-electron chi connectivity index (χ0n) is 11.7. The number of rotatable bonds is 3. The molecule has 0 radical (unpaired) electrons. The van der Waals surface area contributed by atoms with Gasteiger partial charge in [-0.1, -0.05) is 0 Å². The molecule has 2 rings (SSSR count). The number of carboxylic acid groups (broad SMARTS) is 1. The lowest BCUT2D eigenvalue weighted by Gasteiger charge is -2.32.